The van der Waals surface area contributed by atoms with Crippen molar-refractivity contribution in [1.29, 1.82) is 0 Å². The Kier molecular flexibility index (Phi) is 4.98. The second kappa shape index (κ2) is 6.56. The van der Waals surface area contributed by atoms with Crippen molar-refractivity contribution in [1.82, 2.24) is 9.88 Å². The summed E-state index contributed by atoms with van der Waals surface area (Å²) in [4.78, 5) is 18.4. The van der Waals surface area contributed by atoms with Gasteiger partial charge in [-0.15, -0.1) is 0 Å². The Bertz CT molecular complexity index is 513. The minimum atomic E-state index is -1.04. The van der Waals surface area contributed by atoms with Crippen molar-refractivity contribution in [3.8, 4) is 0 Å². The number of hydrogen-bond donors (Lipinski definition) is 0. The van der Waals surface area contributed by atoms with Crippen LogP contribution in [0.1, 0.15) is 27.2 Å². The van der Waals surface area contributed by atoms with Crippen LogP contribution in [0, 0.1) is 5.92 Å². The maximum atomic E-state index is 12.3. The molecule has 2 unspecified atom stereocenters. The van der Waals surface area contributed by atoms with Crippen molar-refractivity contribution < 1.29 is 13.7 Å². The monoisotopic (exact) mass is 310 g/mol. The Labute approximate surface area is 128 Å². The summed E-state index contributed by atoms with van der Waals surface area (Å²) in [6.45, 7) is 6.86. The topological polar surface area (TPSA) is 59.5 Å². The zero-order valence-electron chi connectivity index (χ0n) is 12.7. The molecule has 116 valence electrons. The minimum Gasteiger partial charge on any atom is -0.444 e. The average molecular weight is 310 g/mol. The number of hydrogen-bond acceptors (Lipinski definition) is 4. The molecule has 0 aromatic carbocycles. The molecular weight excluding hydrogens is 288 g/mol. The molecule has 0 bridgehead atoms. The van der Waals surface area contributed by atoms with Gasteiger partial charge in [0.05, 0.1) is 10.8 Å². The Balaban J connectivity index is 1.86. The van der Waals surface area contributed by atoms with Gasteiger partial charge in [0.15, 0.2) is 0 Å². The number of pyridine rings is 1. The molecule has 1 fully saturated rings. The van der Waals surface area contributed by atoms with Crippen molar-refractivity contribution in [2.75, 3.05) is 18.8 Å². The minimum absolute atomic E-state index is 0.256. The number of nitrogens with zero attached hydrogens (tertiary/aromatic N) is 2. The van der Waals surface area contributed by atoms with Crippen molar-refractivity contribution in [2.24, 2.45) is 5.92 Å². The van der Waals surface area contributed by atoms with E-state index in [2.05, 4.69) is 4.98 Å². The van der Waals surface area contributed by atoms with E-state index in [-0.39, 0.29) is 12.0 Å². The number of aromatic nitrogens is 1. The van der Waals surface area contributed by atoms with Gasteiger partial charge in [0.25, 0.3) is 0 Å². The third-order valence-electron chi connectivity index (χ3n) is 3.24. The zero-order chi connectivity index (χ0) is 15.5. The molecule has 0 radical (unpaired) electrons. The quantitative estimate of drug-likeness (QED) is 0.860. The first-order valence-corrected chi connectivity index (χ1v) is 8.43. The van der Waals surface area contributed by atoms with Crippen LogP contribution in [0.15, 0.2) is 29.4 Å². The predicted molar refractivity (Wildman–Crippen MR) is 81.4 cm³/mol. The fraction of sp³-hybridized carbons (Fsp3) is 0.600. The highest BCUT2D eigenvalue weighted by Crippen LogP contribution is 2.21. The SMILES string of the molecule is CC(C)(C)OC(=O)N1CCC(CS(=O)c2ccncc2)C1. The summed E-state index contributed by atoms with van der Waals surface area (Å²) in [7, 11) is -1.04. The molecule has 0 spiro atoms. The van der Waals surface area contributed by atoms with Crippen LogP contribution in [-0.4, -0.2) is 44.6 Å². The molecule has 21 heavy (non-hydrogen) atoms. The summed E-state index contributed by atoms with van der Waals surface area (Å²) < 4.78 is 17.6. The first kappa shape index (κ1) is 15.9. The normalized spacial score (nSPS) is 20.3. The lowest BCUT2D eigenvalue weighted by Crippen LogP contribution is -2.35. The van der Waals surface area contributed by atoms with Crippen molar-refractivity contribution >= 4 is 16.9 Å². The lowest BCUT2D eigenvalue weighted by Gasteiger charge is -2.24. The van der Waals surface area contributed by atoms with E-state index < -0.39 is 16.4 Å². The van der Waals surface area contributed by atoms with E-state index in [1.54, 1.807) is 29.4 Å². The molecule has 1 saturated heterocycles. The number of rotatable bonds is 3. The van der Waals surface area contributed by atoms with Gasteiger partial charge in [0, 0.05) is 36.1 Å². The highest BCUT2D eigenvalue weighted by molar-refractivity contribution is 7.85. The van der Waals surface area contributed by atoms with E-state index in [0.717, 1.165) is 11.3 Å². The van der Waals surface area contributed by atoms with E-state index in [1.165, 1.54) is 0 Å². The number of carbonyl (C=O) groups excluding carboxylic acids is 1. The Hall–Kier alpha value is -1.43. The van der Waals surface area contributed by atoms with Crippen LogP contribution < -0.4 is 0 Å². The van der Waals surface area contributed by atoms with Gasteiger partial charge in [0.2, 0.25) is 0 Å². The largest absolute Gasteiger partial charge is 0.444 e. The Morgan fingerprint density at radius 1 is 1.43 bits per heavy atom. The lowest BCUT2D eigenvalue weighted by molar-refractivity contribution is 0.0289. The molecule has 1 aromatic heterocycles. The van der Waals surface area contributed by atoms with E-state index in [9.17, 15) is 9.00 Å². The molecule has 0 saturated carbocycles. The van der Waals surface area contributed by atoms with Gasteiger partial charge < -0.3 is 9.64 Å². The zero-order valence-corrected chi connectivity index (χ0v) is 13.6. The fourth-order valence-corrected chi connectivity index (χ4v) is 3.58. The first-order chi connectivity index (χ1) is 9.85. The molecule has 1 amide bonds. The summed E-state index contributed by atoms with van der Waals surface area (Å²) in [5.74, 6) is 0.829. The number of likely N-dealkylation sites (tertiary alicyclic amines) is 1. The second-order valence-electron chi connectivity index (χ2n) is 6.28. The first-order valence-electron chi connectivity index (χ1n) is 7.11. The van der Waals surface area contributed by atoms with E-state index in [4.69, 9.17) is 4.74 Å². The molecule has 2 heterocycles. The molecule has 1 aliphatic rings. The van der Waals surface area contributed by atoms with Gasteiger partial charge in [-0.05, 0) is 45.2 Å². The van der Waals surface area contributed by atoms with Crippen LogP contribution in [0.4, 0.5) is 4.79 Å². The van der Waals surface area contributed by atoms with Gasteiger partial charge in [-0.1, -0.05) is 0 Å². The van der Waals surface area contributed by atoms with Gasteiger partial charge >= 0.3 is 6.09 Å². The van der Waals surface area contributed by atoms with Gasteiger partial charge in [-0.3, -0.25) is 9.19 Å². The Morgan fingerprint density at radius 3 is 2.71 bits per heavy atom. The van der Waals surface area contributed by atoms with Crippen molar-refractivity contribution in [3.63, 3.8) is 0 Å². The highest BCUT2D eigenvalue weighted by Gasteiger charge is 2.30. The lowest BCUT2D eigenvalue weighted by atomic mass is 10.2. The van der Waals surface area contributed by atoms with E-state index in [1.807, 2.05) is 20.8 Å². The summed E-state index contributed by atoms with van der Waals surface area (Å²) >= 11 is 0. The Morgan fingerprint density at radius 2 is 2.10 bits per heavy atom. The summed E-state index contributed by atoms with van der Waals surface area (Å²) in [6.07, 6.45) is 3.89. The third-order valence-corrected chi connectivity index (χ3v) is 4.81. The molecular formula is C15H22N2O3S. The van der Waals surface area contributed by atoms with Crippen LogP contribution in [0.5, 0.6) is 0 Å². The van der Waals surface area contributed by atoms with E-state index in [0.29, 0.717) is 18.8 Å². The van der Waals surface area contributed by atoms with E-state index >= 15 is 0 Å². The molecule has 0 aliphatic carbocycles. The predicted octanol–water partition coefficient (Wildman–Crippen LogP) is 2.45. The van der Waals surface area contributed by atoms with Gasteiger partial charge in [-0.25, -0.2) is 4.79 Å². The third kappa shape index (κ3) is 4.81. The molecule has 5 nitrogen and oxygen atoms in total. The molecule has 2 atom stereocenters. The van der Waals surface area contributed by atoms with Gasteiger partial charge in [-0.2, -0.15) is 0 Å². The fourth-order valence-electron chi connectivity index (χ4n) is 2.26. The van der Waals surface area contributed by atoms with Crippen LogP contribution in [-0.2, 0) is 15.5 Å². The van der Waals surface area contributed by atoms with Crippen LogP contribution >= 0.6 is 0 Å². The standard InChI is InChI=1S/C15H22N2O3S/c1-15(2,3)20-14(18)17-9-6-12(10-17)11-21(19)13-4-7-16-8-5-13/h4-5,7-8,12H,6,9-11H2,1-3H3. The van der Waals surface area contributed by atoms with Crippen LogP contribution in [0.25, 0.3) is 0 Å². The summed E-state index contributed by atoms with van der Waals surface area (Å²) in [6, 6.07) is 3.55. The molecule has 6 heteroatoms. The summed E-state index contributed by atoms with van der Waals surface area (Å²) in [5, 5.41) is 0. The average Bonchev–Trinajstić information content (AvgIpc) is 2.86. The number of carbonyl (C=O) groups is 1. The maximum Gasteiger partial charge on any atom is 0.410 e. The maximum absolute atomic E-state index is 12.3. The van der Waals surface area contributed by atoms with Crippen LogP contribution in [0.2, 0.25) is 0 Å². The smallest absolute Gasteiger partial charge is 0.410 e. The molecule has 1 aliphatic heterocycles. The molecule has 0 N–H and O–H groups in total. The second-order valence-corrected chi connectivity index (χ2v) is 7.77. The van der Waals surface area contributed by atoms with Gasteiger partial charge in [0.1, 0.15) is 5.60 Å². The summed E-state index contributed by atoms with van der Waals surface area (Å²) in [5.41, 5.74) is -0.477. The number of amides is 1. The highest BCUT2D eigenvalue weighted by atomic mass is 32.2. The van der Waals surface area contributed by atoms with Crippen molar-refractivity contribution in [2.45, 2.75) is 37.7 Å². The molecule has 1 aromatic rings. The van der Waals surface area contributed by atoms with Crippen molar-refractivity contribution in [3.05, 3.63) is 24.5 Å². The van der Waals surface area contributed by atoms with Crippen LogP contribution in [0.3, 0.4) is 0 Å². The number of ether oxygens (including phenoxy) is 1. The molecule has 2 rings (SSSR count).